The minimum atomic E-state index is -0.394. The monoisotopic (exact) mass is 341 g/mol. The largest absolute Gasteiger partial charge is 0.506 e. The molecule has 7 heteroatoms. The van der Waals surface area contributed by atoms with Crippen molar-refractivity contribution in [2.24, 2.45) is 4.99 Å². The summed E-state index contributed by atoms with van der Waals surface area (Å²) in [6.45, 7) is 0.509. The van der Waals surface area contributed by atoms with E-state index in [-0.39, 0.29) is 12.3 Å². The summed E-state index contributed by atoms with van der Waals surface area (Å²) < 4.78 is 10.8. The van der Waals surface area contributed by atoms with Gasteiger partial charge in [0.05, 0.1) is 20.8 Å². The molecule has 1 aromatic heterocycles. The summed E-state index contributed by atoms with van der Waals surface area (Å²) in [6, 6.07) is 11.0. The van der Waals surface area contributed by atoms with Crippen LogP contribution in [0.1, 0.15) is 11.3 Å². The normalized spacial score (nSPS) is 14.3. The van der Waals surface area contributed by atoms with Gasteiger partial charge in [0.1, 0.15) is 5.69 Å². The number of aliphatic hydroxyl groups is 2. The van der Waals surface area contributed by atoms with Crippen LogP contribution < -0.4 is 9.47 Å². The Morgan fingerprint density at radius 3 is 2.60 bits per heavy atom. The van der Waals surface area contributed by atoms with Crippen LogP contribution in [0.25, 0.3) is 0 Å². The third-order valence-electron chi connectivity index (χ3n) is 3.85. The standard InChI is InChI=1S/C18H19N3O4/c1-24-15-8-5-6-12(16(15)25-2)10-21-11-14(22)18(23)20-17(21)13-7-3-4-9-19-13/h3-9,22-23H,10-11H2,1-2H3. The highest BCUT2D eigenvalue weighted by molar-refractivity contribution is 5.98. The molecule has 2 heterocycles. The third-order valence-corrected chi connectivity index (χ3v) is 3.85. The number of hydrogen-bond donors (Lipinski definition) is 2. The van der Waals surface area contributed by atoms with Gasteiger partial charge in [-0.3, -0.25) is 4.98 Å². The van der Waals surface area contributed by atoms with Crippen molar-refractivity contribution in [3.05, 3.63) is 65.5 Å². The molecule has 0 bridgehead atoms. The van der Waals surface area contributed by atoms with Crippen LogP contribution in [0.5, 0.6) is 11.5 Å². The molecule has 0 spiro atoms. The molecule has 2 N–H and O–H groups in total. The van der Waals surface area contributed by atoms with Gasteiger partial charge >= 0.3 is 0 Å². The second kappa shape index (κ2) is 7.12. The first-order valence-corrected chi connectivity index (χ1v) is 7.70. The highest BCUT2D eigenvalue weighted by atomic mass is 16.5. The molecule has 0 saturated heterocycles. The molecular weight excluding hydrogens is 322 g/mol. The minimum Gasteiger partial charge on any atom is -0.506 e. The topological polar surface area (TPSA) is 87.4 Å². The maximum Gasteiger partial charge on any atom is 0.253 e. The molecule has 1 aromatic carbocycles. The van der Waals surface area contributed by atoms with E-state index in [1.54, 1.807) is 32.5 Å². The van der Waals surface area contributed by atoms with Crippen molar-refractivity contribution in [2.75, 3.05) is 20.8 Å². The maximum absolute atomic E-state index is 9.92. The van der Waals surface area contributed by atoms with Crippen molar-refractivity contribution in [3.63, 3.8) is 0 Å². The molecule has 7 nitrogen and oxygen atoms in total. The zero-order chi connectivity index (χ0) is 17.8. The molecule has 1 aliphatic rings. The molecule has 0 aliphatic carbocycles. The lowest BCUT2D eigenvalue weighted by molar-refractivity contribution is 0.263. The molecule has 1 aliphatic heterocycles. The van der Waals surface area contributed by atoms with Crippen molar-refractivity contribution in [3.8, 4) is 11.5 Å². The summed E-state index contributed by atoms with van der Waals surface area (Å²) >= 11 is 0. The van der Waals surface area contributed by atoms with Crippen LogP contribution in [-0.2, 0) is 6.54 Å². The fourth-order valence-electron chi connectivity index (χ4n) is 2.69. The third kappa shape index (κ3) is 3.35. The predicted molar refractivity (Wildman–Crippen MR) is 93.0 cm³/mol. The van der Waals surface area contributed by atoms with Gasteiger partial charge in [-0.25, -0.2) is 0 Å². The molecule has 130 valence electrons. The number of methoxy groups -OCH3 is 2. The van der Waals surface area contributed by atoms with Crippen molar-refractivity contribution >= 4 is 5.84 Å². The van der Waals surface area contributed by atoms with E-state index in [0.29, 0.717) is 29.6 Å². The Morgan fingerprint density at radius 1 is 1.08 bits per heavy atom. The summed E-state index contributed by atoms with van der Waals surface area (Å²) in [7, 11) is 3.16. The van der Waals surface area contributed by atoms with Crippen molar-refractivity contribution < 1.29 is 19.7 Å². The fourth-order valence-corrected chi connectivity index (χ4v) is 2.69. The number of amidine groups is 1. The summed E-state index contributed by atoms with van der Waals surface area (Å²) in [5.74, 6) is 1.12. The Labute approximate surface area is 145 Å². The summed E-state index contributed by atoms with van der Waals surface area (Å²) in [5, 5.41) is 19.7. The number of hydrogen-bond acceptors (Lipinski definition) is 7. The lowest BCUT2D eigenvalue weighted by Crippen LogP contribution is -2.36. The van der Waals surface area contributed by atoms with Gasteiger partial charge in [0.2, 0.25) is 0 Å². The van der Waals surface area contributed by atoms with Gasteiger partial charge in [0.15, 0.2) is 23.1 Å². The number of pyridine rings is 1. The summed E-state index contributed by atoms with van der Waals surface area (Å²) in [4.78, 5) is 10.2. The average molecular weight is 341 g/mol. The lowest BCUT2D eigenvalue weighted by atomic mass is 10.1. The van der Waals surface area contributed by atoms with Crippen LogP contribution >= 0.6 is 0 Å². The van der Waals surface area contributed by atoms with Gasteiger partial charge in [0, 0.05) is 18.3 Å². The van der Waals surface area contributed by atoms with E-state index < -0.39 is 5.88 Å². The molecule has 0 unspecified atom stereocenters. The first-order valence-electron chi connectivity index (χ1n) is 7.70. The Kier molecular flexibility index (Phi) is 4.74. The van der Waals surface area contributed by atoms with E-state index in [4.69, 9.17) is 9.47 Å². The zero-order valence-electron chi connectivity index (χ0n) is 14.0. The van der Waals surface area contributed by atoms with E-state index in [9.17, 15) is 10.2 Å². The van der Waals surface area contributed by atoms with Gasteiger partial charge in [-0.1, -0.05) is 18.2 Å². The van der Waals surface area contributed by atoms with E-state index in [1.807, 2.05) is 29.2 Å². The van der Waals surface area contributed by atoms with Gasteiger partial charge < -0.3 is 24.6 Å². The number of nitrogens with zero attached hydrogens (tertiary/aromatic N) is 3. The maximum atomic E-state index is 9.92. The fraction of sp³-hybridized carbons (Fsp3) is 0.222. The van der Waals surface area contributed by atoms with Crippen LogP contribution in [-0.4, -0.2) is 46.7 Å². The number of para-hydroxylation sites is 1. The first-order chi connectivity index (χ1) is 12.1. The van der Waals surface area contributed by atoms with E-state index in [0.717, 1.165) is 5.56 Å². The SMILES string of the molecule is COc1cccc(CN2CC(O)=C(O)N=C2c2ccccn2)c1OC. The van der Waals surface area contributed by atoms with Crippen LogP contribution in [0.2, 0.25) is 0 Å². The van der Waals surface area contributed by atoms with Crippen molar-refractivity contribution in [1.82, 2.24) is 9.88 Å². The zero-order valence-corrected chi connectivity index (χ0v) is 14.0. The highest BCUT2D eigenvalue weighted by Gasteiger charge is 2.25. The van der Waals surface area contributed by atoms with E-state index in [2.05, 4.69) is 9.98 Å². The number of aliphatic hydroxyl groups excluding tert-OH is 2. The molecule has 0 radical (unpaired) electrons. The first kappa shape index (κ1) is 16.6. The second-order valence-corrected chi connectivity index (χ2v) is 5.43. The molecule has 2 aromatic rings. The van der Waals surface area contributed by atoms with Gasteiger partial charge in [-0.15, -0.1) is 0 Å². The van der Waals surface area contributed by atoms with Crippen LogP contribution in [0, 0.1) is 0 Å². The molecule has 0 saturated carbocycles. The molecule has 0 atom stereocenters. The van der Waals surface area contributed by atoms with E-state index in [1.165, 1.54) is 0 Å². The van der Waals surface area contributed by atoms with E-state index >= 15 is 0 Å². The van der Waals surface area contributed by atoms with Crippen molar-refractivity contribution in [2.45, 2.75) is 6.54 Å². The molecule has 25 heavy (non-hydrogen) atoms. The number of ether oxygens (including phenoxy) is 2. The quantitative estimate of drug-likeness (QED) is 0.869. The Hall–Kier alpha value is -3.22. The van der Waals surface area contributed by atoms with Gasteiger partial charge in [-0.05, 0) is 18.2 Å². The highest BCUT2D eigenvalue weighted by Crippen LogP contribution is 2.32. The molecule has 3 rings (SSSR count). The number of rotatable bonds is 5. The Bertz CT molecular complexity index is 818. The smallest absolute Gasteiger partial charge is 0.253 e. The number of aromatic nitrogens is 1. The van der Waals surface area contributed by atoms with Crippen molar-refractivity contribution in [1.29, 1.82) is 0 Å². The summed E-state index contributed by atoms with van der Waals surface area (Å²) in [6.07, 6.45) is 1.65. The second-order valence-electron chi connectivity index (χ2n) is 5.43. The minimum absolute atomic E-state index is 0.113. The summed E-state index contributed by atoms with van der Waals surface area (Å²) in [5.41, 5.74) is 1.46. The lowest BCUT2D eigenvalue weighted by Gasteiger charge is -2.29. The molecular formula is C18H19N3O4. The van der Waals surface area contributed by atoms with Gasteiger partial charge in [0.25, 0.3) is 5.88 Å². The molecule has 0 amide bonds. The average Bonchev–Trinajstić information content (AvgIpc) is 2.65. The number of benzene rings is 1. The van der Waals surface area contributed by atoms with Crippen LogP contribution in [0.3, 0.4) is 0 Å². The van der Waals surface area contributed by atoms with Crippen LogP contribution in [0.15, 0.2) is 59.2 Å². The Morgan fingerprint density at radius 2 is 1.92 bits per heavy atom. The molecule has 0 fully saturated rings. The Balaban J connectivity index is 1.98. The number of aliphatic imine (C=N–C) groups is 1. The van der Waals surface area contributed by atoms with Crippen LogP contribution in [0.4, 0.5) is 0 Å². The van der Waals surface area contributed by atoms with Gasteiger partial charge in [-0.2, -0.15) is 4.99 Å². The predicted octanol–water partition coefficient (Wildman–Crippen LogP) is 2.65.